The molecule has 0 aliphatic carbocycles. The Hall–Kier alpha value is -3.66. The summed E-state index contributed by atoms with van der Waals surface area (Å²) in [6, 6.07) is 19.0. The fourth-order valence-corrected chi connectivity index (χ4v) is 4.30. The molecule has 0 amide bonds. The number of nitrogens with zero attached hydrogens (tertiary/aromatic N) is 2. The molecule has 2 aliphatic rings. The first kappa shape index (κ1) is 19.3. The van der Waals surface area contributed by atoms with Gasteiger partial charge in [-0.25, -0.2) is 0 Å². The van der Waals surface area contributed by atoms with E-state index in [1.165, 1.54) is 22.2 Å². The van der Waals surface area contributed by atoms with Crippen molar-refractivity contribution >= 4 is 16.5 Å². The molecule has 156 valence electrons. The lowest BCUT2D eigenvalue weighted by Crippen LogP contribution is -2.32. The third kappa shape index (κ3) is 3.55. The van der Waals surface area contributed by atoms with Gasteiger partial charge in [0.1, 0.15) is 11.5 Å². The summed E-state index contributed by atoms with van der Waals surface area (Å²) >= 11 is 0. The third-order valence-electron chi connectivity index (χ3n) is 5.91. The molecule has 0 radical (unpaired) electrons. The Kier molecular flexibility index (Phi) is 5.13. The fraction of sp³-hybridized carbons (Fsp3) is 0.185. The minimum absolute atomic E-state index is 0.505. The largest absolute Gasteiger partial charge is 0.473 e. The lowest BCUT2D eigenvalue weighted by Gasteiger charge is -2.34. The number of ether oxygens (including phenoxy) is 2. The standard InChI is InChI=1S/C27H26N2O2/c1-3-5-9-21(4-2)28-16-20-12-13-23-24(27(20)31-19-28)14-15-26-25(23)17-29(18-30-26)22-10-7-6-8-11-22/h3-15H,2,16-19H2,1H3/b5-3-,21-9+. The molecule has 0 bridgehead atoms. The Morgan fingerprint density at radius 3 is 2.58 bits per heavy atom. The topological polar surface area (TPSA) is 24.9 Å². The molecule has 0 unspecified atom stereocenters. The molecule has 0 spiro atoms. The fourth-order valence-electron chi connectivity index (χ4n) is 4.30. The van der Waals surface area contributed by atoms with Crippen LogP contribution in [0, 0.1) is 0 Å². The Bertz CT molecular complexity index is 1180. The minimum atomic E-state index is 0.505. The minimum Gasteiger partial charge on any atom is -0.473 e. The van der Waals surface area contributed by atoms with Gasteiger partial charge in [-0.05, 0) is 48.7 Å². The lowest BCUT2D eigenvalue weighted by molar-refractivity contribution is 0.134. The first-order valence-electron chi connectivity index (χ1n) is 10.6. The van der Waals surface area contributed by atoms with Gasteiger partial charge in [0.2, 0.25) is 0 Å². The summed E-state index contributed by atoms with van der Waals surface area (Å²) in [5.41, 5.74) is 4.62. The maximum atomic E-state index is 6.27. The van der Waals surface area contributed by atoms with Gasteiger partial charge in [0, 0.05) is 34.4 Å². The predicted octanol–water partition coefficient (Wildman–Crippen LogP) is 5.99. The van der Waals surface area contributed by atoms with E-state index in [-0.39, 0.29) is 0 Å². The first-order chi connectivity index (χ1) is 15.3. The second-order valence-electron chi connectivity index (χ2n) is 7.79. The van der Waals surface area contributed by atoms with Gasteiger partial charge in [-0.2, -0.15) is 0 Å². The summed E-state index contributed by atoms with van der Waals surface area (Å²) in [5.74, 6) is 1.93. The molecule has 2 heterocycles. The van der Waals surface area contributed by atoms with Crippen LogP contribution in [-0.4, -0.2) is 18.4 Å². The normalized spacial score (nSPS) is 16.0. The van der Waals surface area contributed by atoms with Crippen LogP contribution in [0.15, 0.2) is 91.2 Å². The van der Waals surface area contributed by atoms with Crippen molar-refractivity contribution < 1.29 is 9.47 Å². The Labute approximate surface area is 183 Å². The van der Waals surface area contributed by atoms with E-state index in [9.17, 15) is 0 Å². The Balaban J connectivity index is 1.50. The average molecular weight is 411 g/mol. The number of anilines is 1. The summed E-state index contributed by atoms with van der Waals surface area (Å²) in [7, 11) is 0. The zero-order chi connectivity index (χ0) is 21.2. The molecule has 0 saturated carbocycles. The van der Waals surface area contributed by atoms with E-state index in [0.29, 0.717) is 13.5 Å². The highest BCUT2D eigenvalue weighted by molar-refractivity contribution is 5.94. The lowest BCUT2D eigenvalue weighted by atomic mass is 9.98. The summed E-state index contributed by atoms with van der Waals surface area (Å²) in [6.45, 7) is 8.64. The number of hydrogen-bond acceptors (Lipinski definition) is 4. The maximum absolute atomic E-state index is 6.27. The van der Waals surface area contributed by atoms with Crippen molar-refractivity contribution in [3.8, 4) is 11.5 Å². The second kappa shape index (κ2) is 8.23. The van der Waals surface area contributed by atoms with Crippen molar-refractivity contribution in [3.63, 3.8) is 0 Å². The maximum Gasteiger partial charge on any atom is 0.161 e. The molecule has 5 rings (SSSR count). The summed E-state index contributed by atoms with van der Waals surface area (Å²) in [6.07, 6.45) is 7.98. The van der Waals surface area contributed by atoms with E-state index in [4.69, 9.17) is 9.47 Å². The zero-order valence-corrected chi connectivity index (χ0v) is 17.8. The number of allylic oxidation sites excluding steroid dienone is 4. The van der Waals surface area contributed by atoms with Gasteiger partial charge >= 0.3 is 0 Å². The number of hydrogen-bond donors (Lipinski definition) is 0. The van der Waals surface area contributed by atoms with Crippen LogP contribution >= 0.6 is 0 Å². The van der Waals surface area contributed by atoms with Crippen LogP contribution in [0.5, 0.6) is 11.5 Å². The molecular formula is C27H26N2O2. The van der Waals surface area contributed by atoms with Crippen LogP contribution in [0.1, 0.15) is 18.1 Å². The number of fused-ring (bicyclic) bond motifs is 5. The van der Waals surface area contributed by atoms with Crippen LogP contribution in [0.25, 0.3) is 10.8 Å². The monoisotopic (exact) mass is 410 g/mol. The highest BCUT2D eigenvalue weighted by Crippen LogP contribution is 2.40. The van der Waals surface area contributed by atoms with Gasteiger partial charge < -0.3 is 19.3 Å². The second-order valence-corrected chi connectivity index (χ2v) is 7.79. The number of benzene rings is 3. The van der Waals surface area contributed by atoms with E-state index >= 15 is 0 Å². The number of rotatable bonds is 4. The van der Waals surface area contributed by atoms with Crippen molar-refractivity contribution in [2.75, 3.05) is 18.4 Å². The van der Waals surface area contributed by atoms with Gasteiger partial charge in [-0.15, -0.1) is 0 Å². The molecule has 31 heavy (non-hydrogen) atoms. The molecule has 3 aromatic rings. The van der Waals surface area contributed by atoms with Crippen LogP contribution in [-0.2, 0) is 13.1 Å². The molecule has 4 nitrogen and oxygen atoms in total. The van der Waals surface area contributed by atoms with Crippen molar-refractivity contribution in [3.05, 3.63) is 102 Å². The van der Waals surface area contributed by atoms with Gasteiger partial charge in [-0.1, -0.05) is 49.1 Å². The molecule has 3 aromatic carbocycles. The van der Waals surface area contributed by atoms with Gasteiger partial charge in [0.15, 0.2) is 13.5 Å². The molecular weight excluding hydrogens is 384 g/mol. The molecule has 0 aromatic heterocycles. The van der Waals surface area contributed by atoms with Crippen LogP contribution in [0.4, 0.5) is 5.69 Å². The van der Waals surface area contributed by atoms with E-state index in [1.54, 1.807) is 0 Å². The predicted molar refractivity (Wildman–Crippen MR) is 126 cm³/mol. The van der Waals surface area contributed by atoms with Crippen LogP contribution < -0.4 is 14.4 Å². The van der Waals surface area contributed by atoms with Crippen LogP contribution in [0.2, 0.25) is 0 Å². The van der Waals surface area contributed by atoms with E-state index < -0.39 is 0 Å². The van der Waals surface area contributed by atoms with Gasteiger partial charge in [0.05, 0.1) is 6.54 Å². The summed E-state index contributed by atoms with van der Waals surface area (Å²) < 4.78 is 12.4. The van der Waals surface area contributed by atoms with Crippen molar-refractivity contribution in [2.24, 2.45) is 0 Å². The SMILES string of the molecule is C=C/C(=C\C=C/C)N1COc2c(ccc3c4c(ccc23)OCN(c2ccccc2)C4)C1. The summed E-state index contributed by atoms with van der Waals surface area (Å²) in [4.78, 5) is 4.45. The van der Waals surface area contributed by atoms with Crippen molar-refractivity contribution in [1.82, 2.24) is 4.90 Å². The summed E-state index contributed by atoms with van der Waals surface area (Å²) in [5, 5.41) is 2.34. The molecule has 0 atom stereocenters. The van der Waals surface area contributed by atoms with Gasteiger partial charge in [-0.3, -0.25) is 0 Å². The quantitative estimate of drug-likeness (QED) is 0.493. The van der Waals surface area contributed by atoms with E-state index in [1.807, 2.05) is 31.2 Å². The smallest absolute Gasteiger partial charge is 0.161 e. The Morgan fingerprint density at radius 1 is 0.935 bits per heavy atom. The third-order valence-corrected chi connectivity index (χ3v) is 5.91. The van der Waals surface area contributed by atoms with E-state index in [2.05, 4.69) is 71.0 Å². The molecule has 4 heteroatoms. The molecule has 0 N–H and O–H groups in total. The zero-order valence-electron chi connectivity index (χ0n) is 17.8. The average Bonchev–Trinajstić information content (AvgIpc) is 2.84. The Morgan fingerprint density at radius 2 is 1.77 bits per heavy atom. The first-order valence-corrected chi connectivity index (χ1v) is 10.6. The number of para-hydroxylation sites is 1. The molecule has 2 aliphatic heterocycles. The molecule has 0 saturated heterocycles. The van der Waals surface area contributed by atoms with E-state index in [0.717, 1.165) is 35.7 Å². The van der Waals surface area contributed by atoms with Crippen molar-refractivity contribution in [2.45, 2.75) is 20.0 Å². The highest BCUT2D eigenvalue weighted by atomic mass is 16.5. The molecule has 0 fully saturated rings. The van der Waals surface area contributed by atoms with Crippen LogP contribution in [0.3, 0.4) is 0 Å². The highest BCUT2D eigenvalue weighted by Gasteiger charge is 2.24. The van der Waals surface area contributed by atoms with Crippen molar-refractivity contribution in [1.29, 1.82) is 0 Å². The van der Waals surface area contributed by atoms with Gasteiger partial charge in [0.25, 0.3) is 0 Å².